The average Bonchev–Trinajstić information content (AvgIpc) is 2.52. The van der Waals surface area contributed by atoms with Gasteiger partial charge >= 0.3 is 12.0 Å². The minimum atomic E-state index is -0.863. The molecule has 2 aliphatic heterocycles. The lowest BCUT2D eigenvalue weighted by molar-refractivity contribution is -0.138. The van der Waals surface area contributed by atoms with E-state index in [0.29, 0.717) is 38.1 Å². The van der Waals surface area contributed by atoms with Crippen molar-refractivity contribution in [1.82, 2.24) is 20.0 Å². The van der Waals surface area contributed by atoms with Crippen LogP contribution in [0.15, 0.2) is 0 Å². The quantitative estimate of drug-likeness (QED) is 0.675. The zero-order valence-corrected chi connectivity index (χ0v) is 17.2. The van der Waals surface area contributed by atoms with Crippen LogP contribution in [0.5, 0.6) is 0 Å². The van der Waals surface area contributed by atoms with Crippen molar-refractivity contribution in [2.75, 3.05) is 59.5 Å². The lowest BCUT2D eigenvalue weighted by atomic mass is 9.92. The number of ether oxygens (including phenoxy) is 1. The first-order chi connectivity index (χ1) is 12.7. The summed E-state index contributed by atoms with van der Waals surface area (Å²) in [5, 5.41) is 12.0. The molecule has 8 nitrogen and oxygen atoms in total. The van der Waals surface area contributed by atoms with Crippen molar-refractivity contribution >= 4 is 12.0 Å². The van der Waals surface area contributed by atoms with E-state index < -0.39 is 5.97 Å². The molecule has 0 aliphatic carbocycles. The molecule has 8 heteroatoms. The van der Waals surface area contributed by atoms with Crippen molar-refractivity contribution in [3.8, 4) is 0 Å². The monoisotopic (exact) mass is 384 g/mol. The smallest absolute Gasteiger partial charge is 0.317 e. The molecular formula is C19H36N4O4. The molecule has 0 saturated carbocycles. The molecule has 27 heavy (non-hydrogen) atoms. The fourth-order valence-electron chi connectivity index (χ4n) is 4.33. The third-order valence-corrected chi connectivity index (χ3v) is 5.19. The van der Waals surface area contributed by atoms with E-state index in [1.54, 1.807) is 16.8 Å². The molecule has 2 N–H and O–H groups in total. The number of carboxylic acid groups (broad SMARTS) is 1. The summed E-state index contributed by atoms with van der Waals surface area (Å²) in [4.78, 5) is 29.3. The number of carboxylic acids is 1. The number of carbonyl (C=O) groups is 2. The number of likely N-dealkylation sites (N-methyl/N-ethyl adjacent to an activating group) is 1. The van der Waals surface area contributed by atoms with Crippen LogP contribution in [0.25, 0.3) is 0 Å². The SMILES string of the molecule is CC1CC(C)CN(CC(C)NC(=O)N2CCOC(CN(C)CC(=O)O)C2)C1. The molecule has 0 aromatic rings. The van der Waals surface area contributed by atoms with Crippen molar-refractivity contribution in [2.24, 2.45) is 11.8 Å². The Morgan fingerprint density at radius 2 is 1.93 bits per heavy atom. The second-order valence-corrected chi connectivity index (χ2v) is 8.54. The van der Waals surface area contributed by atoms with E-state index in [0.717, 1.165) is 19.6 Å². The Labute approximate surface area is 162 Å². The third-order valence-electron chi connectivity index (χ3n) is 5.19. The van der Waals surface area contributed by atoms with Crippen LogP contribution in [-0.4, -0.2) is 103 Å². The molecule has 0 aromatic carbocycles. The molecule has 2 heterocycles. The number of urea groups is 1. The number of piperidine rings is 1. The van der Waals surface area contributed by atoms with Crippen LogP contribution in [0.2, 0.25) is 0 Å². The van der Waals surface area contributed by atoms with Crippen LogP contribution < -0.4 is 5.32 Å². The Hall–Kier alpha value is -1.38. The molecule has 0 aromatic heterocycles. The van der Waals surface area contributed by atoms with Crippen LogP contribution in [-0.2, 0) is 9.53 Å². The largest absolute Gasteiger partial charge is 0.480 e. The van der Waals surface area contributed by atoms with E-state index in [-0.39, 0.29) is 24.7 Å². The lowest BCUT2D eigenvalue weighted by Gasteiger charge is -2.38. The molecule has 0 radical (unpaired) electrons. The van der Waals surface area contributed by atoms with E-state index in [2.05, 4.69) is 31.0 Å². The predicted molar refractivity (Wildman–Crippen MR) is 104 cm³/mol. The van der Waals surface area contributed by atoms with Gasteiger partial charge < -0.3 is 25.0 Å². The van der Waals surface area contributed by atoms with E-state index >= 15 is 0 Å². The van der Waals surface area contributed by atoms with Gasteiger partial charge in [-0.15, -0.1) is 0 Å². The fraction of sp³-hybridized carbons (Fsp3) is 0.895. The predicted octanol–water partition coefficient (Wildman–Crippen LogP) is 0.780. The maximum absolute atomic E-state index is 12.6. The number of hydrogen-bond acceptors (Lipinski definition) is 5. The van der Waals surface area contributed by atoms with Crippen molar-refractivity contribution in [3.63, 3.8) is 0 Å². The van der Waals surface area contributed by atoms with Gasteiger partial charge in [0, 0.05) is 45.3 Å². The first-order valence-electron chi connectivity index (χ1n) is 10.0. The van der Waals surface area contributed by atoms with Gasteiger partial charge in [0.15, 0.2) is 0 Å². The molecule has 2 saturated heterocycles. The van der Waals surface area contributed by atoms with Crippen LogP contribution in [0.1, 0.15) is 27.2 Å². The second kappa shape index (κ2) is 10.2. The van der Waals surface area contributed by atoms with Gasteiger partial charge in [-0.3, -0.25) is 9.69 Å². The Morgan fingerprint density at radius 3 is 2.56 bits per heavy atom. The summed E-state index contributed by atoms with van der Waals surface area (Å²) in [7, 11) is 1.75. The molecule has 0 spiro atoms. The fourth-order valence-corrected chi connectivity index (χ4v) is 4.33. The van der Waals surface area contributed by atoms with Crippen LogP contribution >= 0.6 is 0 Å². The van der Waals surface area contributed by atoms with E-state index in [9.17, 15) is 9.59 Å². The average molecular weight is 385 g/mol. The third kappa shape index (κ3) is 7.63. The number of rotatable bonds is 7. The van der Waals surface area contributed by atoms with Crippen molar-refractivity contribution < 1.29 is 19.4 Å². The van der Waals surface area contributed by atoms with Gasteiger partial charge in [0.25, 0.3) is 0 Å². The maximum Gasteiger partial charge on any atom is 0.317 e. The molecule has 4 unspecified atom stereocenters. The highest BCUT2D eigenvalue weighted by Gasteiger charge is 2.27. The van der Waals surface area contributed by atoms with Crippen LogP contribution in [0.4, 0.5) is 4.79 Å². The number of hydrogen-bond donors (Lipinski definition) is 2. The number of carbonyl (C=O) groups excluding carboxylic acids is 1. The van der Waals surface area contributed by atoms with Crippen molar-refractivity contribution in [1.29, 1.82) is 0 Å². The van der Waals surface area contributed by atoms with Gasteiger partial charge in [0.05, 0.1) is 19.3 Å². The Bertz CT molecular complexity index is 494. The number of nitrogens with one attached hydrogen (secondary N) is 1. The van der Waals surface area contributed by atoms with Gasteiger partial charge in [0.2, 0.25) is 0 Å². The summed E-state index contributed by atoms with van der Waals surface area (Å²) in [5.41, 5.74) is 0. The zero-order chi connectivity index (χ0) is 20.0. The van der Waals surface area contributed by atoms with E-state index in [1.807, 2.05) is 0 Å². The number of amides is 2. The normalized spacial score (nSPS) is 28.2. The molecule has 2 aliphatic rings. The standard InChI is InChI=1S/C19H36N4O4/c1-14-7-15(2)9-22(8-14)10-16(3)20-19(26)23-5-6-27-17(12-23)11-21(4)13-18(24)25/h14-17H,5-13H2,1-4H3,(H,20,26)(H,24,25). The Morgan fingerprint density at radius 1 is 1.26 bits per heavy atom. The van der Waals surface area contributed by atoms with Crippen molar-refractivity contribution in [2.45, 2.75) is 39.3 Å². The summed E-state index contributed by atoms with van der Waals surface area (Å²) in [6.07, 6.45) is 1.12. The Balaban J connectivity index is 1.76. The number of nitrogens with zero attached hydrogens (tertiary/aromatic N) is 3. The highest BCUT2D eigenvalue weighted by Crippen LogP contribution is 2.20. The molecule has 2 fully saturated rings. The lowest BCUT2D eigenvalue weighted by Crippen LogP contribution is -2.55. The minimum absolute atomic E-state index is 0.0320. The zero-order valence-electron chi connectivity index (χ0n) is 17.2. The molecule has 0 bridgehead atoms. The van der Waals surface area contributed by atoms with Gasteiger partial charge in [0.1, 0.15) is 0 Å². The molecule has 4 atom stereocenters. The van der Waals surface area contributed by atoms with Gasteiger partial charge in [-0.1, -0.05) is 13.8 Å². The number of aliphatic carboxylic acids is 1. The maximum atomic E-state index is 12.6. The molecule has 2 rings (SSSR count). The highest BCUT2D eigenvalue weighted by molar-refractivity contribution is 5.74. The van der Waals surface area contributed by atoms with Gasteiger partial charge in [-0.25, -0.2) is 4.79 Å². The Kier molecular flexibility index (Phi) is 8.31. The van der Waals surface area contributed by atoms with Gasteiger partial charge in [-0.2, -0.15) is 0 Å². The molecule has 156 valence electrons. The van der Waals surface area contributed by atoms with Crippen molar-refractivity contribution in [3.05, 3.63) is 0 Å². The summed E-state index contributed by atoms with van der Waals surface area (Å²) >= 11 is 0. The van der Waals surface area contributed by atoms with Crippen LogP contribution in [0, 0.1) is 11.8 Å². The highest BCUT2D eigenvalue weighted by atomic mass is 16.5. The topological polar surface area (TPSA) is 85.4 Å². The summed E-state index contributed by atoms with van der Waals surface area (Å²) in [5.74, 6) is 0.553. The summed E-state index contributed by atoms with van der Waals surface area (Å²) in [6, 6.07) is 0.0285. The summed E-state index contributed by atoms with van der Waals surface area (Å²) < 4.78 is 5.70. The van der Waals surface area contributed by atoms with E-state index in [1.165, 1.54) is 6.42 Å². The first kappa shape index (κ1) is 21.9. The van der Waals surface area contributed by atoms with Crippen LogP contribution in [0.3, 0.4) is 0 Å². The first-order valence-corrected chi connectivity index (χ1v) is 10.0. The second-order valence-electron chi connectivity index (χ2n) is 8.54. The number of likely N-dealkylation sites (tertiary alicyclic amines) is 1. The van der Waals surface area contributed by atoms with Gasteiger partial charge in [-0.05, 0) is 32.2 Å². The van der Waals surface area contributed by atoms with E-state index in [4.69, 9.17) is 9.84 Å². The number of morpholine rings is 1. The summed E-state index contributed by atoms with van der Waals surface area (Å²) in [6.45, 7) is 11.7. The molecule has 2 amide bonds. The minimum Gasteiger partial charge on any atom is -0.480 e. The molecular weight excluding hydrogens is 348 g/mol.